The number of furan rings is 1. The maximum absolute atomic E-state index is 13.0. The van der Waals surface area contributed by atoms with E-state index in [1.54, 1.807) is 34.3 Å². The van der Waals surface area contributed by atoms with E-state index in [1.165, 1.54) is 29.0 Å². The van der Waals surface area contributed by atoms with E-state index in [-0.39, 0.29) is 12.4 Å². The van der Waals surface area contributed by atoms with Gasteiger partial charge in [0.1, 0.15) is 35.1 Å². The Morgan fingerprint density at radius 2 is 2.10 bits per heavy atom. The predicted molar refractivity (Wildman–Crippen MR) is 116 cm³/mol. The molecule has 0 amide bonds. The van der Waals surface area contributed by atoms with Crippen LogP contribution < -0.4 is 4.74 Å². The number of thiophene rings is 1. The molecule has 8 heteroatoms. The molecule has 1 aromatic carbocycles. The van der Waals surface area contributed by atoms with E-state index < -0.39 is 0 Å². The zero-order valence-electron chi connectivity index (χ0n) is 16.8. The van der Waals surface area contributed by atoms with Gasteiger partial charge in [0.2, 0.25) is 5.82 Å². The normalized spacial score (nSPS) is 16.1. The van der Waals surface area contributed by atoms with Crippen molar-refractivity contribution in [1.82, 2.24) is 19.6 Å². The van der Waals surface area contributed by atoms with E-state index in [1.807, 2.05) is 12.1 Å². The lowest BCUT2D eigenvalue weighted by molar-refractivity contribution is 0.271. The smallest absolute Gasteiger partial charge is 0.217 e. The van der Waals surface area contributed by atoms with Crippen molar-refractivity contribution in [3.63, 3.8) is 0 Å². The SMILES string of the molecule is C[C@@H]1CCc2c(sc3ncn4nc(-c5ccc(COc6ccc(F)cc6)o5)nc4c23)C1. The highest BCUT2D eigenvalue weighted by Gasteiger charge is 2.24. The molecule has 0 saturated heterocycles. The molecule has 0 radical (unpaired) electrons. The number of aromatic nitrogens is 4. The van der Waals surface area contributed by atoms with E-state index in [9.17, 15) is 4.39 Å². The summed E-state index contributed by atoms with van der Waals surface area (Å²) >= 11 is 1.78. The lowest BCUT2D eigenvalue weighted by Crippen LogP contribution is -2.08. The maximum Gasteiger partial charge on any atom is 0.217 e. The first kappa shape index (κ1) is 18.5. The topological polar surface area (TPSA) is 65.5 Å². The number of hydrogen-bond acceptors (Lipinski definition) is 6. The van der Waals surface area contributed by atoms with Crippen molar-refractivity contribution in [2.45, 2.75) is 32.8 Å². The summed E-state index contributed by atoms with van der Waals surface area (Å²) in [5, 5.41) is 5.71. The minimum Gasteiger partial charge on any atom is -0.486 e. The van der Waals surface area contributed by atoms with Crippen molar-refractivity contribution in [2.24, 2.45) is 5.92 Å². The highest BCUT2D eigenvalue weighted by atomic mass is 32.1. The van der Waals surface area contributed by atoms with Crippen LogP contribution in [0, 0.1) is 11.7 Å². The van der Waals surface area contributed by atoms with Crippen LogP contribution in [0.25, 0.3) is 27.4 Å². The molecule has 0 saturated carbocycles. The maximum atomic E-state index is 13.0. The van der Waals surface area contributed by atoms with E-state index in [2.05, 4.69) is 17.0 Å². The summed E-state index contributed by atoms with van der Waals surface area (Å²) in [6.07, 6.45) is 5.09. The Hall–Kier alpha value is -3.26. The summed E-state index contributed by atoms with van der Waals surface area (Å²) < 4.78 is 26.3. The van der Waals surface area contributed by atoms with E-state index in [4.69, 9.17) is 14.1 Å². The predicted octanol–water partition coefficient (Wildman–Crippen LogP) is 5.44. The van der Waals surface area contributed by atoms with Crippen LogP contribution in [-0.2, 0) is 19.4 Å². The highest BCUT2D eigenvalue weighted by molar-refractivity contribution is 7.19. The summed E-state index contributed by atoms with van der Waals surface area (Å²) in [7, 11) is 0. The van der Waals surface area contributed by atoms with Crippen LogP contribution in [0.3, 0.4) is 0 Å². The van der Waals surface area contributed by atoms with Crippen molar-refractivity contribution in [2.75, 3.05) is 0 Å². The molecular weight excluding hydrogens is 415 g/mol. The third-order valence-electron chi connectivity index (χ3n) is 5.71. The van der Waals surface area contributed by atoms with Gasteiger partial charge in [0.25, 0.3) is 0 Å². The number of halogens is 1. The van der Waals surface area contributed by atoms with Gasteiger partial charge in [-0.1, -0.05) is 6.92 Å². The molecule has 6 rings (SSSR count). The molecule has 1 atom stereocenters. The van der Waals surface area contributed by atoms with Crippen molar-refractivity contribution in [3.05, 3.63) is 64.7 Å². The Morgan fingerprint density at radius 3 is 2.97 bits per heavy atom. The zero-order valence-corrected chi connectivity index (χ0v) is 17.7. The Balaban J connectivity index is 1.31. The lowest BCUT2D eigenvalue weighted by atomic mass is 9.89. The molecule has 0 aliphatic heterocycles. The van der Waals surface area contributed by atoms with E-state index in [0.29, 0.717) is 29.0 Å². The molecule has 0 unspecified atom stereocenters. The van der Waals surface area contributed by atoms with Gasteiger partial charge in [0.15, 0.2) is 11.4 Å². The molecule has 0 N–H and O–H groups in total. The van der Waals surface area contributed by atoms with Crippen LogP contribution in [0.2, 0.25) is 0 Å². The fourth-order valence-electron chi connectivity index (χ4n) is 4.10. The van der Waals surface area contributed by atoms with Crippen molar-refractivity contribution >= 4 is 27.2 Å². The summed E-state index contributed by atoms with van der Waals surface area (Å²) in [6, 6.07) is 9.58. The average molecular weight is 434 g/mol. The second kappa shape index (κ2) is 7.16. The third-order valence-corrected chi connectivity index (χ3v) is 6.87. The molecule has 156 valence electrons. The number of nitrogens with zero attached hydrogens (tertiary/aromatic N) is 4. The molecule has 1 aliphatic rings. The van der Waals surface area contributed by atoms with E-state index in [0.717, 1.165) is 28.7 Å². The van der Waals surface area contributed by atoms with Crippen LogP contribution >= 0.6 is 11.3 Å². The molecule has 4 aromatic heterocycles. The average Bonchev–Trinajstić information content (AvgIpc) is 3.48. The first-order chi connectivity index (χ1) is 15.1. The fraction of sp³-hybridized carbons (Fsp3) is 0.261. The van der Waals surface area contributed by atoms with Gasteiger partial charge in [-0.05, 0) is 67.1 Å². The molecule has 31 heavy (non-hydrogen) atoms. The van der Waals surface area contributed by atoms with Crippen LogP contribution in [0.4, 0.5) is 4.39 Å². The van der Waals surface area contributed by atoms with Gasteiger partial charge in [-0.25, -0.2) is 18.9 Å². The molecule has 6 nitrogen and oxygen atoms in total. The molecule has 5 aromatic rings. The number of hydrogen-bond donors (Lipinski definition) is 0. The minimum absolute atomic E-state index is 0.237. The van der Waals surface area contributed by atoms with Gasteiger partial charge < -0.3 is 9.15 Å². The molecule has 1 aliphatic carbocycles. The summed E-state index contributed by atoms with van der Waals surface area (Å²) in [6.45, 7) is 2.54. The molecule has 4 heterocycles. The largest absolute Gasteiger partial charge is 0.486 e. The van der Waals surface area contributed by atoms with Gasteiger partial charge in [0, 0.05) is 4.88 Å². The second-order valence-corrected chi connectivity index (χ2v) is 9.07. The number of ether oxygens (including phenoxy) is 1. The monoisotopic (exact) mass is 434 g/mol. The first-order valence-electron chi connectivity index (χ1n) is 10.3. The van der Waals surface area contributed by atoms with Gasteiger partial charge >= 0.3 is 0 Å². The Bertz CT molecular complexity index is 1400. The van der Waals surface area contributed by atoms with Crippen LogP contribution in [0.1, 0.15) is 29.5 Å². The van der Waals surface area contributed by atoms with Crippen LogP contribution in [-0.4, -0.2) is 19.6 Å². The van der Waals surface area contributed by atoms with Crippen molar-refractivity contribution < 1.29 is 13.5 Å². The number of fused-ring (bicyclic) bond motifs is 5. The summed E-state index contributed by atoms with van der Waals surface area (Å²) in [5.41, 5.74) is 2.20. The highest BCUT2D eigenvalue weighted by Crippen LogP contribution is 2.38. The molecule has 0 bridgehead atoms. The Labute approximate surface area is 181 Å². The van der Waals surface area contributed by atoms with Gasteiger partial charge in [-0.15, -0.1) is 16.4 Å². The minimum atomic E-state index is -0.296. The number of rotatable bonds is 4. The molecule has 0 fully saturated rings. The molecule has 0 spiro atoms. The summed E-state index contributed by atoms with van der Waals surface area (Å²) in [5.74, 6) is 2.73. The first-order valence-corrected chi connectivity index (χ1v) is 11.1. The van der Waals surface area contributed by atoms with E-state index >= 15 is 0 Å². The van der Waals surface area contributed by atoms with Gasteiger partial charge in [0.05, 0.1) is 5.39 Å². The summed E-state index contributed by atoms with van der Waals surface area (Å²) in [4.78, 5) is 11.9. The Kier molecular flexibility index (Phi) is 4.27. The second-order valence-electron chi connectivity index (χ2n) is 7.99. The van der Waals surface area contributed by atoms with Crippen LogP contribution in [0.5, 0.6) is 5.75 Å². The fourth-order valence-corrected chi connectivity index (χ4v) is 5.45. The number of benzene rings is 1. The van der Waals surface area contributed by atoms with Gasteiger partial charge in [-0.2, -0.15) is 0 Å². The molecular formula is C23H19FN4O2S. The van der Waals surface area contributed by atoms with Crippen molar-refractivity contribution in [3.8, 4) is 17.3 Å². The third kappa shape index (κ3) is 3.27. The van der Waals surface area contributed by atoms with Crippen LogP contribution in [0.15, 0.2) is 47.1 Å². The Morgan fingerprint density at radius 1 is 1.23 bits per heavy atom. The van der Waals surface area contributed by atoms with Gasteiger partial charge in [-0.3, -0.25) is 0 Å². The lowest BCUT2D eigenvalue weighted by Gasteiger charge is -2.17. The number of aryl methyl sites for hydroxylation is 1. The van der Waals surface area contributed by atoms with Crippen molar-refractivity contribution in [1.29, 1.82) is 0 Å². The standard InChI is InChI=1S/C23H19FN4O2S/c1-13-2-8-17-19(10-13)31-23-20(17)22-26-21(27-28(22)12-25-23)18-9-7-16(30-18)11-29-15-5-3-14(24)4-6-15/h3-7,9,12-13H,2,8,10-11H2,1H3/t13-/m1/s1. The quantitative estimate of drug-likeness (QED) is 0.377. The zero-order chi connectivity index (χ0) is 20.9.